The van der Waals surface area contributed by atoms with Crippen LogP contribution in [0.3, 0.4) is 0 Å². The largest absolute Gasteiger partial charge is 0.465 e. The topological polar surface area (TPSA) is 88.5 Å². The van der Waals surface area contributed by atoms with Crippen LogP contribution in [0.4, 0.5) is 4.79 Å². The number of allylic oxidation sites excluding steroid dienone is 2. The maximum Gasteiger partial charge on any atom is 0.309 e. The first-order valence-corrected chi connectivity index (χ1v) is 20.4. The molecular weight excluding hydrogens is 625 g/mol. The van der Waals surface area contributed by atoms with Gasteiger partial charge in [0.05, 0.1) is 19.6 Å². The molecule has 0 aromatic carbocycles. The molecule has 1 N–H and O–H groups in total. The molecule has 0 aliphatic rings. The third-order valence-corrected chi connectivity index (χ3v) is 8.82. The number of carbonyl (C=O) groups is 2. The fourth-order valence-electron chi connectivity index (χ4n) is 4.93. The fraction of sp³-hybridized carbons (Fsp3) is 0.846. The quantitative estimate of drug-likeness (QED) is 0.0230. The van der Waals surface area contributed by atoms with Gasteiger partial charge >= 0.3 is 11.2 Å². The summed E-state index contributed by atoms with van der Waals surface area (Å²) >= 11 is 1.33. The van der Waals surface area contributed by atoms with Gasteiger partial charge in [-0.15, -0.1) is 0 Å². The second-order valence-electron chi connectivity index (χ2n) is 13.0. The number of hydrogen-bond donors (Lipinski definition) is 1. The van der Waals surface area contributed by atoms with E-state index in [1.807, 2.05) is 26.2 Å². The van der Waals surface area contributed by atoms with Gasteiger partial charge < -0.3 is 19.5 Å². The molecule has 1 unspecified atom stereocenters. The Morgan fingerprint density at radius 1 is 0.667 bits per heavy atom. The van der Waals surface area contributed by atoms with Gasteiger partial charge in [-0.25, -0.2) is 5.06 Å². The zero-order chi connectivity index (χ0) is 35.3. The maximum atomic E-state index is 12.8. The van der Waals surface area contributed by atoms with E-state index in [4.69, 9.17) is 14.3 Å². The van der Waals surface area contributed by atoms with Crippen molar-refractivity contribution >= 4 is 23.0 Å². The number of rotatable bonds is 35. The summed E-state index contributed by atoms with van der Waals surface area (Å²) in [7, 11) is 4.03. The highest BCUT2D eigenvalue weighted by Crippen LogP contribution is 2.14. The first-order chi connectivity index (χ1) is 23.4. The molecule has 0 aromatic rings. The third-order valence-electron chi connectivity index (χ3n) is 7.99. The van der Waals surface area contributed by atoms with E-state index in [1.165, 1.54) is 50.3 Å². The molecule has 0 radical (unpaired) electrons. The van der Waals surface area contributed by atoms with Crippen molar-refractivity contribution < 1.29 is 29.0 Å². The fourth-order valence-corrected chi connectivity index (χ4v) is 5.85. The van der Waals surface area contributed by atoms with Crippen molar-refractivity contribution in [3.63, 3.8) is 0 Å². The monoisotopic (exact) mass is 699 g/mol. The Morgan fingerprint density at radius 2 is 1.23 bits per heavy atom. The first-order valence-electron chi connectivity index (χ1n) is 19.4. The minimum absolute atomic E-state index is 0.00337. The molecule has 9 heteroatoms. The van der Waals surface area contributed by atoms with Gasteiger partial charge in [-0.2, -0.15) is 0 Å². The molecule has 282 valence electrons. The molecule has 0 saturated carbocycles. The lowest BCUT2D eigenvalue weighted by molar-refractivity contribution is -0.142. The van der Waals surface area contributed by atoms with Crippen LogP contribution in [0.5, 0.6) is 0 Å². The minimum Gasteiger partial charge on any atom is -0.465 e. The van der Waals surface area contributed by atoms with Crippen molar-refractivity contribution in [3.05, 3.63) is 24.3 Å². The molecule has 48 heavy (non-hydrogen) atoms. The summed E-state index contributed by atoms with van der Waals surface area (Å²) in [4.78, 5) is 32.7. The zero-order valence-electron chi connectivity index (χ0n) is 31.5. The van der Waals surface area contributed by atoms with Crippen molar-refractivity contribution in [3.8, 4) is 0 Å². The summed E-state index contributed by atoms with van der Waals surface area (Å²) in [6.45, 7) is 7.54. The minimum atomic E-state index is -0.697. The van der Waals surface area contributed by atoms with Gasteiger partial charge in [0.2, 0.25) is 0 Å². The number of thioether (sulfide) groups is 1. The number of ether oxygens (including phenoxy) is 2. The van der Waals surface area contributed by atoms with Crippen LogP contribution in [0.1, 0.15) is 155 Å². The number of esters is 1. The predicted octanol–water partition coefficient (Wildman–Crippen LogP) is 10.2. The molecule has 0 fully saturated rings. The van der Waals surface area contributed by atoms with Gasteiger partial charge in [-0.05, 0) is 65.5 Å². The average molecular weight is 699 g/mol. The number of aliphatic hydroxyl groups excluding tert-OH is 1. The second-order valence-corrected chi connectivity index (χ2v) is 14.1. The molecule has 0 saturated heterocycles. The lowest BCUT2D eigenvalue weighted by Crippen LogP contribution is -2.30. The molecule has 0 aliphatic heterocycles. The average Bonchev–Trinajstić information content (AvgIpc) is 3.06. The molecule has 0 aliphatic carbocycles. The molecule has 0 rings (SSSR count). The van der Waals surface area contributed by atoms with Gasteiger partial charge in [-0.3, -0.25) is 14.4 Å². The van der Waals surface area contributed by atoms with Crippen LogP contribution < -0.4 is 0 Å². The van der Waals surface area contributed by atoms with Crippen molar-refractivity contribution in [1.82, 2.24) is 9.96 Å². The van der Waals surface area contributed by atoms with E-state index in [-0.39, 0.29) is 11.2 Å². The lowest BCUT2D eigenvalue weighted by atomic mass is 10.1. The second kappa shape index (κ2) is 36.9. The Bertz CT molecular complexity index is 780. The van der Waals surface area contributed by atoms with Gasteiger partial charge in [0.15, 0.2) is 6.29 Å². The molecule has 0 bridgehead atoms. The molecule has 8 nitrogen and oxygen atoms in total. The van der Waals surface area contributed by atoms with E-state index in [2.05, 4.69) is 30.9 Å². The summed E-state index contributed by atoms with van der Waals surface area (Å²) in [5.74, 6) is 0.617. The smallest absolute Gasteiger partial charge is 0.309 e. The van der Waals surface area contributed by atoms with Crippen molar-refractivity contribution in [2.24, 2.45) is 0 Å². The predicted molar refractivity (Wildman–Crippen MR) is 203 cm³/mol. The van der Waals surface area contributed by atoms with Crippen LogP contribution in [0.15, 0.2) is 24.3 Å². The summed E-state index contributed by atoms with van der Waals surface area (Å²) in [6.07, 6.45) is 30.3. The number of hydrogen-bond acceptors (Lipinski definition) is 8. The number of unbranched alkanes of at least 4 members (excludes halogenated alkanes) is 16. The van der Waals surface area contributed by atoms with Crippen molar-refractivity contribution in [2.45, 2.75) is 161 Å². The van der Waals surface area contributed by atoms with Crippen molar-refractivity contribution in [1.29, 1.82) is 0 Å². The Labute approximate surface area is 299 Å². The first kappa shape index (κ1) is 46.6. The summed E-state index contributed by atoms with van der Waals surface area (Å²) in [6, 6.07) is 0. The van der Waals surface area contributed by atoms with Crippen LogP contribution in [-0.2, 0) is 19.1 Å². The van der Waals surface area contributed by atoms with E-state index in [0.29, 0.717) is 39.2 Å². The Balaban J connectivity index is 3.99. The Hall–Kier alpha value is -1.39. The number of hydroxylamine groups is 2. The normalized spacial score (nSPS) is 12.5. The van der Waals surface area contributed by atoms with Crippen LogP contribution in [-0.4, -0.2) is 85.3 Å². The summed E-state index contributed by atoms with van der Waals surface area (Å²) < 4.78 is 10.9. The van der Waals surface area contributed by atoms with E-state index in [1.54, 1.807) is 5.06 Å². The third kappa shape index (κ3) is 34.5. The van der Waals surface area contributed by atoms with Gasteiger partial charge in [0, 0.05) is 31.9 Å². The van der Waals surface area contributed by atoms with E-state index < -0.39 is 6.29 Å². The van der Waals surface area contributed by atoms with Crippen molar-refractivity contribution in [2.75, 3.05) is 52.8 Å². The van der Waals surface area contributed by atoms with Crippen LogP contribution in [0.2, 0.25) is 0 Å². The summed E-state index contributed by atoms with van der Waals surface area (Å²) in [5.41, 5.74) is 0. The van der Waals surface area contributed by atoms with Crippen LogP contribution in [0.25, 0.3) is 0 Å². The van der Waals surface area contributed by atoms with Crippen LogP contribution in [0, 0.1) is 0 Å². The van der Waals surface area contributed by atoms with Gasteiger partial charge in [-0.1, -0.05) is 127 Å². The van der Waals surface area contributed by atoms with Crippen LogP contribution >= 0.6 is 11.8 Å². The molecular formula is C39H74N2O6S. The number of nitrogens with zero attached hydrogens (tertiary/aromatic N) is 2. The highest BCUT2D eigenvalue weighted by Gasteiger charge is 2.15. The number of aliphatic hydroxyl groups is 1. The Morgan fingerprint density at radius 3 is 1.85 bits per heavy atom. The SMILES string of the molecule is CCCCC/C=C\CC(=O)OCCCCCCCCN(OCCCCCCCCOC(O)C/C=C\CCCCC)C(=O)SCCN(C)C. The molecule has 1 atom stereocenters. The molecule has 0 aromatic heterocycles. The van der Waals surface area contributed by atoms with E-state index >= 15 is 0 Å². The summed E-state index contributed by atoms with van der Waals surface area (Å²) in [5, 5.41) is 11.5. The molecule has 1 amide bonds. The van der Waals surface area contributed by atoms with Gasteiger partial charge in [0.1, 0.15) is 0 Å². The zero-order valence-corrected chi connectivity index (χ0v) is 32.3. The number of carbonyl (C=O) groups excluding carboxylic acids is 2. The molecule has 0 spiro atoms. The highest BCUT2D eigenvalue weighted by atomic mass is 32.2. The molecule has 0 heterocycles. The maximum absolute atomic E-state index is 12.8. The standard InChI is InChI=1S/C39H74N2O6S/c1-5-7-9-11-17-23-29-37(42)45-33-26-20-14-13-19-25-31-41(39(44)48-36-32-40(3)4)47-35-28-22-16-15-21-27-34-46-38(43)30-24-18-12-10-8-6-2/h17-18,23-24,38,43H,5-16,19-22,25-36H2,1-4H3/b23-17-,24-18-. The lowest BCUT2D eigenvalue weighted by Gasteiger charge is -2.22. The number of amides is 1. The van der Waals surface area contributed by atoms with Gasteiger partial charge in [0.25, 0.3) is 0 Å². The Kier molecular flexibility index (Phi) is 35.8. The highest BCUT2D eigenvalue weighted by molar-refractivity contribution is 8.13. The van der Waals surface area contributed by atoms with E-state index in [9.17, 15) is 14.7 Å². The van der Waals surface area contributed by atoms with E-state index in [0.717, 1.165) is 102 Å².